The molecule has 0 fully saturated rings. The van der Waals surface area contributed by atoms with E-state index in [1.54, 1.807) is 6.20 Å². The van der Waals surface area contributed by atoms with E-state index in [0.29, 0.717) is 10.2 Å². The summed E-state index contributed by atoms with van der Waals surface area (Å²) in [7, 11) is 0. The molecule has 1 aromatic heterocycles. The number of benzene rings is 1. The highest BCUT2D eigenvalue weighted by atomic mass is 79.9. The third-order valence-electron chi connectivity index (χ3n) is 3.92. The van der Waals surface area contributed by atoms with E-state index in [2.05, 4.69) is 20.9 Å². The fraction of sp³-hybridized carbons (Fsp3) is 0.267. The molecule has 112 valence electrons. The molecule has 0 saturated heterocycles. The second kappa shape index (κ2) is 5.55. The molecule has 3 N–H and O–H groups in total. The molecule has 3 rings (SSSR count). The van der Waals surface area contributed by atoms with Crippen molar-refractivity contribution >= 4 is 27.5 Å². The van der Waals surface area contributed by atoms with E-state index in [-0.39, 0.29) is 17.1 Å². The standard InChI is InChI=1S/C15H12BrClFNO.H3N/c1-8-12-10(7-9(18)14(17)13(12)16)20-15(8,2)11-5-3-4-6-19-11;/h3-8H,1-2H3;1H3/t8-,15+;/m0./s1. The maximum absolute atomic E-state index is 13.8. The summed E-state index contributed by atoms with van der Waals surface area (Å²) >= 11 is 9.35. The van der Waals surface area contributed by atoms with E-state index in [1.165, 1.54) is 6.07 Å². The summed E-state index contributed by atoms with van der Waals surface area (Å²) in [5.41, 5.74) is 1.06. The van der Waals surface area contributed by atoms with Gasteiger partial charge in [-0.05, 0) is 35.0 Å². The fourth-order valence-electron chi connectivity index (χ4n) is 2.60. The minimum atomic E-state index is -0.636. The summed E-state index contributed by atoms with van der Waals surface area (Å²) in [4.78, 5) is 4.37. The van der Waals surface area contributed by atoms with Crippen LogP contribution in [0.4, 0.5) is 4.39 Å². The van der Waals surface area contributed by atoms with E-state index in [9.17, 15) is 4.39 Å². The number of aromatic nitrogens is 1. The Morgan fingerprint density at radius 2 is 2.14 bits per heavy atom. The number of fused-ring (bicyclic) bond motifs is 1. The largest absolute Gasteiger partial charge is 0.480 e. The Balaban J connectivity index is 0.00000161. The number of rotatable bonds is 1. The van der Waals surface area contributed by atoms with E-state index < -0.39 is 11.4 Å². The van der Waals surface area contributed by atoms with Crippen molar-refractivity contribution in [2.24, 2.45) is 0 Å². The van der Waals surface area contributed by atoms with Crippen LogP contribution in [-0.2, 0) is 5.60 Å². The van der Waals surface area contributed by atoms with Crippen LogP contribution in [0.15, 0.2) is 34.9 Å². The monoisotopic (exact) mass is 372 g/mol. The zero-order chi connectivity index (χ0) is 14.5. The summed E-state index contributed by atoms with van der Waals surface area (Å²) in [6, 6.07) is 7.02. The molecule has 21 heavy (non-hydrogen) atoms. The number of hydrogen-bond donors (Lipinski definition) is 1. The van der Waals surface area contributed by atoms with Crippen molar-refractivity contribution in [1.29, 1.82) is 0 Å². The molecule has 1 aliphatic heterocycles. The maximum Gasteiger partial charge on any atom is 0.155 e. The van der Waals surface area contributed by atoms with Gasteiger partial charge in [0.2, 0.25) is 0 Å². The smallest absolute Gasteiger partial charge is 0.155 e. The zero-order valence-electron chi connectivity index (χ0n) is 11.7. The minimum Gasteiger partial charge on any atom is -0.480 e. The van der Waals surface area contributed by atoms with Crippen molar-refractivity contribution in [3.05, 3.63) is 57.0 Å². The van der Waals surface area contributed by atoms with E-state index >= 15 is 0 Å². The quantitative estimate of drug-likeness (QED) is 0.698. The minimum absolute atomic E-state index is 0. The molecule has 6 heteroatoms. The van der Waals surface area contributed by atoms with Gasteiger partial charge in [0.05, 0.1) is 10.7 Å². The van der Waals surface area contributed by atoms with Crippen molar-refractivity contribution in [2.45, 2.75) is 25.4 Å². The molecule has 1 aromatic carbocycles. The van der Waals surface area contributed by atoms with E-state index in [0.717, 1.165) is 11.3 Å². The molecule has 0 bridgehead atoms. The second-order valence-electron chi connectivity index (χ2n) is 5.04. The molecule has 2 atom stereocenters. The summed E-state index contributed by atoms with van der Waals surface area (Å²) in [5, 5.41) is 0.0875. The third-order valence-corrected chi connectivity index (χ3v) is 5.34. The van der Waals surface area contributed by atoms with Crippen LogP contribution in [0.2, 0.25) is 5.02 Å². The lowest BCUT2D eigenvalue weighted by molar-refractivity contribution is 0.0872. The van der Waals surface area contributed by atoms with Gasteiger partial charge < -0.3 is 10.9 Å². The predicted molar refractivity (Wildman–Crippen MR) is 84.8 cm³/mol. The lowest BCUT2D eigenvalue weighted by Crippen LogP contribution is -2.31. The summed E-state index contributed by atoms with van der Waals surface area (Å²) in [5.74, 6) is 0.0223. The van der Waals surface area contributed by atoms with Gasteiger partial charge in [0.25, 0.3) is 0 Å². The number of halogens is 3. The molecule has 0 amide bonds. The van der Waals surface area contributed by atoms with E-state index in [4.69, 9.17) is 16.3 Å². The van der Waals surface area contributed by atoms with Gasteiger partial charge in [0.15, 0.2) is 5.60 Å². The summed E-state index contributed by atoms with van der Waals surface area (Å²) in [6.07, 6.45) is 1.72. The van der Waals surface area contributed by atoms with Crippen LogP contribution < -0.4 is 10.9 Å². The fourth-order valence-corrected chi connectivity index (χ4v) is 3.48. The first-order chi connectivity index (χ1) is 9.45. The van der Waals surface area contributed by atoms with Gasteiger partial charge in [-0.25, -0.2) is 4.39 Å². The molecule has 3 nitrogen and oxygen atoms in total. The van der Waals surface area contributed by atoms with Crippen molar-refractivity contribution in [1.82, 2.24) is 11.1 Å². The molecule has 0 radical (unpaired) electrons. The van der Waals surface area contributed by atoms with Crippen LogP contribution in [0.5, 0.6) is 5.75 Å². The van der Waals surface area contributed by atoms with Crippen LogP contribution in [0.25, 0.3) is 0 Å². The maximum atomic E-state index is 13.8. The van der Waals surface area contributed by atoms with Gasteiger partial charge >= 0.3 is 0 Å². The second-order valence-corrected chi connectivity index (χ2v) is 6.21. The Morgan fingerprint density at radius 1 is 1.43 bits per heavy atom. The molecule has 2 heterocycles. The predicted octanol–water partition coefficient (Wildman–Crippen LogP) is 5.21. The third kappa shape index (κ3) is 2.33. The molecule has 0 unspecified atom stereocenters. The first-order valence-corrected chi connectivity index (χ1v) is 7.40. The average molecular weight is 374 g/mol. The molecular formula is C15H15BrClFN2O. The van der Waals surface area contributed by atoms with Gasteiger partial charge in [-0.1, -0.05) is 24.6 Å². The zero-order valence-corrected chi connectivity index (χ0v) is 14.0. The number of ether oxygens (including phenoxy) is 1. The number of nitrogens with zero attached hydrogens (tertiary/aromatic N) is 1. The lowest BCUT2D eigenvalue weighted by atomic mass is 9.84. The molecular weight excluding hydrogens is 359 g/mol. The Hall–Kier alpha value is -1.17. The van der Waals surface area contributed by atoms with Crippen LogP contribution >= 0.6 is 27.5 Å². The lowest BCUT2D eigenvalue weighted by Gasteiger charge is -2.28. The van der Waals surface area contributed by atoms with Crippen LogP contribution in [-0.4, -0.2) is 4.98 Å². The van der Waals surface area contributed by atoms with Gasteiger partial charge in [-0.2, -0.15) is 0 Å². The topological polar surface area (TPSA) is 57.1 Å². The first-order valence-electron chi connectivity index (χ1n) is 6.23. The van der Waals surface area contributed by atoms with Gasteiger partial charge in [0, 0.05) is 28.2 Å². The average Bonchev–Trinajstić information content (AvgIpc) is 2.70. The molecule has 0 spiro atoms. The van der Waals surface area contributed by atoms with Gasteiger partial charge in [-0.3, -0.25) is 4.98 Å². The van der Waals surface area contributed by atoms with Gasteiger partial charge in [-0.15, -0.1) is 0 Å². The summed E-state index contributed by atoms with van der Waals surface area (Å²) < 4.78 is 20.3. The van der Waals surface area contributed by atoms with E-state index in [1.807, 2.05) is 32.0 Å². The molecule has 1 aliphatic rings. The number of pyridine rings is 1. The van der Waals surface area contributed by atoms with Crippen molar-refractivity contribution < 1.29 is 9.13 Å². The van der Waals surface area contributed by atoms with Crippen LogP contribution in [0.3, 0.4) is 0 Å². The first kappa shape index (κ1) is 16.2. The normalized spacial score (nSPS) is 23.2. The highest BCUT2D eigenvalue weighted by Crippen LogP contribution is 2.53. The highest BCUT2D eigenvalue weighted by Gasteiger charge is 2.46. The molecule has 2 aromatic rings. The molecule has 0 aliphatic carbocycles. The van der Waals surface area contributed by atoms with Crippen molar-refractivity contribution in [2.75, 3.05) is 0 Å². The van der Waals surface area contributed by atoms with Crippen molar-refractivity contribution in [3.8, 4) is 5.75 Å². The Labute approximate surface area is 136 Å². The number of hydrogen-bond acceptors (Lipinski definition) is 3. The summed E-state index contributed by atoms with van der Waals surface area (Å²) in [6.45, 7) is 3.98. The molecule has 0 saturated carbocycles. The Kier molecular flexibility index (Phi) is 4.29. The highest BCUT2D eigenvalue weighted by molar-refractivity contribution is 9.10. The van der Waals surface area contributed by atoms with Gasteiger partial charge in [0.1, 0.15) is 11.6 Å². The SMILES string of the molecule is C[C@H]1c2c(cc(F)c(Cl)c2Br)O[C@@]1(C)c1ccccn1.N. The van der Waals surface area contributed by atoms with Crippen LogP contribution in [0, 0.1) is 5.82 Å². The van der Waals surface area contributed by atoms with Crippen molar-refractivity contribution in [3.63, 3.8) is 0 Å². The Bertz CT molecular complexity index is 683. The Morgan fingerprint density at radius 3 is 2.76 bits per heavy atom. The van der Waals surface area contributed by atoms with Crippen LogP contribution in [0.1, 0.15) is 31.0 Å².